The first-order valence-electron chi connectivity index (χ1n) is 11.8. The van der Waals surface area contributed by atoms with Crippen molar-refractivity contribution in [1.29, 1.82) is 0 Å². The Labute approximate surface area is 237 Å². The molecule has 0 atom stereocenters. The van der Waals surface area contributed by atoms with Crippen molar-refractivity contribution in [3.05, 3.63) is 106 Å². The molecule has 1 amide bonds. The number of aryl methyl sites for hydroxylation is 1. The number of hydrazone groups is 1. The molecule has 8 nitrogen and oxygen atoms in total. The number of anilines is 1. The number of methoxy groups -OCH3 is 1. The minimum Gasteiger partial charge on any atom is -0.495 e. The van der Waals surface area contributed by atoms with E-state index in [-0.39, 0.29) is 10.6 Å². The van der Waals surface area contributed by atoms with E-state index in [9.17, 15) is 13.2 Å². The number of amides is 1. The van der Waals surface area contributed by atoms with E-state index >= 15 is 0 Å². The van der Waals surface area contributed by atoms with Gasteiger partial charge in [-0.1, -0.05) is 53.5 Å². The third-order valence-corrected chi connectivity index (χ3v) is 8.30. The van der Waals surface area contributed by atoms with Crippen molar-refractivity contribution in [3.8, 4) is 11.4 Å². The van der Waals surface area contributed by atoms with Gasteiger partial charge in [-0.25, -0.2) is 13.8 Å². The number of aromatic nitrogens is 1. The second-order valence-corrected chi connectivity index (χ2v) is 11.3. The van der Waals surface area contributed by atoms with E-state index in [0.29, 0.717) is 15.8 Å². The van der Waals surface area contributed by atoms with Crippen LogP contribution in [0.3, 0.4) is 0 Å². The standard InChI is InChI=1S/C28H26Cl2N4O4S/c1-19-15-21(20(2)34(19)25-14-13-22(29)16-24(25)30)17-31-32-28(35)18-33(26-11-7-8-12-27(26)38-3)39(36,37)23-9-5-4-6-10-23/h4-17H,18H2,1-3H3,(H,32,35)/b31-17-. The quantitative estimate of drug-likeness (QED) is 0.200. The van der Waals surface area contributed by atoms with Gasteiger partial charge in [0.05, 0.1) is 34.6 Å². The maximum absolute atomic E-state index is 13.5. The zero-order valence-electron chi connectivity index (χ0n) is 21.4. The van der Waals surface area contributed by atoms with Crippen LogP contribution in [0.2, 0.25) is 10.0 Å². The lowest BCUT2D eigenvalue weighted by molar-refractivity contribution is -0.119. The molecule has 0 unspecified atom stereocenters. The Bertz CT molecular complexity index is 1640. The summed E-state index contributed by atoms with van der Waals surface area (Å²) in [6.45, 7) is 3.30. The van der Waals surface area contributed by atoms with Gasteiger partial charge in [-0.2, -0.15) is 5.10 Å². The monoisotopic (exact) mass is 584 g/mol. The summed E-state index contributed by atoms with van der Waals surface area (Å²) in [6.07, 6.45) is 1.50. The largest absolute Gasteiger partial charge is 0.495 e. The van der Waals surface area contributed by atoms with E-state index in [0.717, 1.165) is 26.9 Å². The van der Waals surface area contributed by atoms with Crippen LogP contribution in [-0.4, -0.2) is 38.8 Å². The maximum atomic E-state index is 13.5. The molecular formula is C28H26Cl2N4O4S. The predicted octanol–water partition coefficient (Wildman–Crippen LogP) is 5.76. The highest BCUT2D eigenvalue weighted by Gasteiger charge is 2.29. The van der Waals surface area contributed by atoms with E-state index in [1.165, 1.54) is 25.5 Å². The summed E-state index contributed by atoms with van der Waals surface area (Å²) < 4.78 is 35.4. The minimum atomic E-state index is -4.09. The van der Waals surface area contributed by atoms with Crippen molar-refractivity contribution in [1.82, 2.24) is 9.99 Å². The minimum absolute atomic E-state index is 0.0421. The van der Waals surface area contributed by atoms with Gasteiger partial charge in [-0.3, -0.25) is 9.10 Å². The van der Waals surface area contributed by atoms with Crippen molar-refractivity contribution < 1.29 is 17.9 Å². The van der Waals surface area contributed by atoms with Crippen LogP contribution in [0.1, 0.15) is 17.0 Å². The van der Waals surface area contributed by atoms with Gasteiger partial charge in [0.25, 0.3) is 15.9 Å². The maximum Gasteiger partial charge on any atom is 0.264 e. The van der Waals surface area contributed by atoms with Crippen LogP contribution in [0.4, 0.5) is 5.69 Å². The molecule has 202 valence electrons. The molecule has 4 rings (SSSR count). The number of para-hydroxylation sites is 2. The number of nitrogens with one attached hydrogen (secondary N) is 1. The average Bonchev–Trinajstić information content (AvgIpc) is 3.20. The molecule has 0 bridgehead atoms. The van der Waals surface area contributed by atoms with E-state index in [1.54, 1.807) is 54.6 Å². The molecule has 0 aliphatic heterocycles. The number of sulfonamides is 1. The smallest absolute Gasteiger partial charge is 0.264 e. The van der Waals surface area contributed by atoms with Crippen molar-refractivity contribution >= 4 is 51.0 Å². The number of hydrogen-bond donors (Lipinski definition) is 1. The summed E-state index contributed by atoms with van der Waals surface area (Å²) >= 11 is 12.4. The Morgan fingerprint density at radius 1 is 1.03 bits per heavy atom. The number of carbonyl (C=O) groups is 1. The summed E-state index contributed by atoms with van der Waals surface area (Å²) in [6, 6.07) is 21.6. The highest BCUT2D eigenvalue weighted by molar-refractivity contribution is 7.92. The van der Waals surface area contributed by atoms with Crippen molar-refractivity contribution in [2.24, 2.45) is 5.10 Å². The number of hydrogen-bond acceptors (Lipinski definition) is 5. The van der Waals surface area contributed by atoms with E-state index < -0.39 is 22.5 Å². The summed E-state index contributed by atoms with van der Waals surface area (Å²) in [7, 11) is -2.66. The molecule has 0 saturated carbocycles. The van der Waals surface area contributed by atoms with Gasteiger partial charge in [0, 0.05) is 22.0 Å². The lowest BCUT2D eigenvalue weighted by Gasteiger charge is -2.25. The Balaban J connectivity index is 1.58. The summed E-state index contributed by atoms with van der Waals surface area (Å²) in [5, 5.41) is 5.12. The first-order chi connectivity index (χ1) is 18.6. The van der Waals surface area contributed by atoms with Crippen LogP contribution in [-0.2, 0) is 14.8 Å². The van der Waals surface area contributed by atoms with Crippen LogP contribution in [0.25, 0.3) is 5.69 Å². The fourth-order valence-electron chi connectivity index (χ4n) is 4.15. The van der Waals surface area contributed by atoms with Crippen LogP contribution in [0, 0.1) is 13.8 Å². The second-order valence-electron chi connectivity index (χ2n) is 8.55. The van der Waals surface area contributed by atoms with Crippen molar-refractivity contribution in [3.63, 3.8) is 0 Å². The van der Waals surface area contributed by atoms with Gasteiger partial charge in [0.1, 0.15) is 12.3 Å². The lowest BCUT2D eigenvalue weighted by Crippen LogP contribution is -2.39. The van der Waals surface area contributed by atoms with Gasteiger partial charge < -0.3 is 9.30 Å². The number of carbonyl (C=O) groups excluding carboxylic acids is 1. The van der Waals surface area contributed by atoms with Gasteiger partial charge in [-0.15, -0.1) is 0 Å². The molecule has 39 heavy (non-hydrogen) atoms. The van der Waals surface area contributed by atoms with Gasteiger partial charge in [0.15, 0.2) is 0 Å². The Kier molecular flexibility index (Phi) is 8.64. The number of nitrogens with zero attached hydrogens (tertiary/aromatic N) is 3. The molecule has 4 aromatic rings. The van der Waals surface area contributed by atoms with Crippen LogP contribution in [0.5, 0.6) is 5.75 Å². The van der Waals surface area contributed by atoms with Crippen molar-refractivity contribution in [2.75, 3.05) is 18.0 Å². The molecule has 0 aliphatic carbocycles. The van der Waals surface area contributed by atoms with Crippen molar-refractivity contribution in [2.45, 2.75) is 18.7 Å². The predicted molar refractivity (Wildman–Crippen MR) is 155 cm³/mol. The fourth-order valence-corrected chi connectivity index (χ4v) is 6.09. The molecule has 0 fully saturated rings. The molecule has 1 N–H and O–H groups in total. The van der Waals surface area contributed by atoms with E-state index in [4.69, 9.17) is 27.9 Å². The zero-order valence-corrected chi connectivity index (χ0v) is 23.8. The molecule has 0 saturated heterocycles. The Morgan fingerprint density at radius 2 is 1.72 bits per heavy atom. The molecule has 1 heterocycles. The first-order valence-corrected chi connectivity index (χ1v) is 14.0. The number of halogens is 2. The third kappa shape index (κ3) is 6.11. The van der Waals surface area contributed by atoms with E-state index in [1.807, 2.05) is 30.5 Å². The van der Waals surface area contributed by atoms with Crippen LogP contribution >= 0.6 is 23.2 Å². The molecule has 3 aromatic carbocycles. The highest BCUT2D eigenvalue weighted by atomic mass is 35.5. The summed E-state index contributed by atoms with van der Waals surface area (Å²) in [4.78, 5) is 13.0. The molecule has 0 aliphatic rings. The summed E-state index contributed by atoms with van der Waals surface area (Å²) in [5.74, 6) is -0.326. The molecule has 0 radical (unpaired) electrons. The SMILES string of the molecule is COc1ccccc1N(CC(=O)N/N=C\c1cc(C)n(-c2ccc(Cl)cc2Cl)c1C)S(=O)(=O)c1ccccc1. The first kappa shape index (κ1) is 28.2. The summed E-state index contributed by atoms with van der Waals surface area (Å²) in [5.41, 5.74) is 5.92. The number of benzene rings is 3. The molecule has 11 heteroatoms. The van der Waals surface area contributed by atoms with Crippen LogP contribution < -0.4 is 14.5 Å². The van der Waals surface area contributed by atoms with Gasteiger partial charge in [-0.05, 0) is 62.4 Å². The highest BCUT2D eigenvalue weighted by Crippen LogP contribution is 2.32. The average molecular weight is 586 g/mol. The topological polar surface area (TPSA) is 93.0 Å². The van der Waals surface area contributed by atoms with Crippen LogP contribution in [0.15, 0.2) is 88.9 Å². The van der Waals surface area contributed by atoms with E-state index in [2.05, 4.69) is 10.5 Å². The van der Waals surface area contributed by atoms with Gasteiger partial charge in [0.2, 0.25) is 0 Å². The molecule has 1 aromatic heterocycles. The molecule has 0 spiro atoms. The second kappa shape index (κ2) is 11.9. The normalized spacial score (nSPS) is 11.5. The third-order valence-electron chi connectivity index (χ3n) is 5.99. The number of ether oxygens (including phenoxy) is 1. The fraction of sp³-hybridized carbons (Fsp3) is 0.143. The Hall–Kier alpha value is -3.79. The Morgan fingerprint density at radius 3 is 2.41 bits per heavy atom. The zero-order chi connectivity index (χ0) is 28.2. The van der Waals surface area contributed by atoms with Gasteiger partial charge >= 0.3 is 0 Å². The molecular weight excluding hydrogens is 559 g/mol. The lowest BCUT2D eigenvalue weighted by atomic mass is 10.2. The number of rotatable bonds is 9.